The molecule has 0 saturated heterocycles. The maximum atomic E-state index is 3.08. The lowest BCUT2D eigenvalue weighted by Gasteiger charge is -2.25. The van der Waals surface area contributed by atoms with Crippen LogP contribution in [-0.2, 0) is 0 Å². The van der Waals surface area contributed by atoms with Crippen molar-refractivity contribution in [3.05, 3.63) is 23.9 Å². The van der Waals surface area contributed by atoms with Gasteiger partial charge in [0.25, 0.3) is 0 Å². The Hall–Kier alpha value is -1.16. The van der Waals surface area contributed by atoms with Crippen LogP contribution in [0.5, 0.6) is 0 Å². The Bertz CT molecular complexity index is 250. The first-order valence-corrected chi connectivity index (χ1v) is 3.78. The van der Waals surface area contributed by atoms with Crippen molar-refractivity contribution in [2.45, 2.75) is 19.9 Å². The van der Waals surface area contributed by atoms with E-state index in [1.807, 2.05) is 13.0 Å². The third-order valence-electron chi connectivity index (χ3n) is 1.93. The molecule has 1 heterocycles. The van der Waals surface area contributed by atoms with Crippen LogP contribution in [0, 0.1) is 11.8 Å². The molecule has 1 unspecified atom stereocenters. The molecule has 0 spiro atoms. The predicted octanol–water partition coefficient (Wildman–Crippen LogP) is 1.78. The molecule has 0 fully saturated rings. The Kier molecular flexibility index (Phi) is 2.38. The summed E-state index contributed by atoms with van der Waals surface area (Å²) >= 11 is 0. The van der Waals surface area contributed by atoms with Gasteiger partial charge < -0.3 is 4.90 Å². The lowest BCUT2D eigenvalue weighted by molar-refractivity contribution is 0.394. The van der Waals surface area contributed by atoms with Crippen molar-refractivity contribution < 1.29 is 0 Å². The van der Waals surface area contributed by atoms with Crippen molar-refractivity contribution in [3.8, 4) is 11.8 Å². The predicted molar refractivity (Wildman–Crippen MR) is 47.9 cm³/mol. The summed E-state index contributed by atoms with van der Waals surface area (Å²) in [5, 5.41) is 0. The molecule has 1 aliphatic heterocycles. The molecule has 1 heteroatoms. The van der Waals surface area contributed by atoms with Crippen LogP contribution in [-0.4, -0.2) is 18.0 Å². The zero-order valence-electron chi connectivity index (χ0n) is 7.26. The van der Waals surface area contributed by atoms with E-state index >= 15 is 0 Å². The lowest BCUT2D eigenvalue weighted by atomic mass is 10.1. The number of rotatable bonds is 0. The van der Waals surface area contributed by atoms with Gasteiger partial charge in [-0.15, -0.1) is 5.92 Å². The highest BCUT2D eigenvalue weighted by Gasteiger charge is 2.11. The molecule has 0 aromatic rings. The molecule has 11 heavy (non-hydrogen) atoms. The van der Waals surface area contributed by atoms with E-state index in [-0.39, 0.29) is 0 Å². The number of allylic oxidation sites excluding steroid dienone is 2. The van der Waals surface area contributed by atoms with Crippen molar-refractivity contribution in [3.63, 3.8) is 0 Å². The monoisotopic (exact) mass is 147 g/mol. The van der Waals surface area contributed by atoms with E-state index in [2.05, 4.69) is 43.0 Å². The molecular weight excluding hydrogens is 134 g/mol. The zero-order valence-corrected chi connectivity index (χ0v) is 7.26. The van der Waals surface area contributed by atoms with E-state index in [1.54, 1.807) is 0 Å². The van der Waals surface area contributed by atoms with Gasteiger partial charge in [-0.3, -0.25) is 0 Å². The van der Waals surface area contributed by atoms with Crippen molar-refractivity contribution >= 4 is 0 Å². The van der Waals surface area contributed by atoms with Crippen molar-refractivity contribution in [1.82, 2.24) is 4.90 Å². The average Bonchev–Trinajstić information content (AvgIpc) is 1.99. The van der Waals surface area contributed by atoms with Gasteiger partial charge in [0.2, 0.25) is 0 Å². The summed E-state index contributed by atoms with van der Waals surface area (Å²) in [6.07, 6.45) is 6.16. The third-order valence-corrected chi connectivity index (χ3v) is 1.93. The topological polar surface area (TPSA) is 3.24 Å². The van der Waals surface area contributed by atoms with E-state index in [4.69, 9.17) is 0 Å². The maximum Gasteiger partial charge on any atom is 0.0584 e. The summed E-state index contributed by atoms with van der Waals surface area (Å²) in [5.41, 5.74) is 1.19. The summed E-state index contributed by atoms with van der Waals surface area (Å²) in [4.78, 5) is 2.15. The maximum absolute atomic E-state index is 3.08. The molecule has 0 aromatic carbocycles. The molecule has 0 aliphatic carbocycles. The molecule has 1 aliphatic rings. The van der Waals surface area contributed by atoms with Gasteiger partial charge in [-0.2, -0.15) is 0 Å². The minimum Gasteiger partial charge on any atom is -0.373 e. The molecular formula is C10H13N. The molecule has 0 bridgehead atoms. The Morgan fingerprint density at radius 3 is 2.91 bits per heavy atom. The molecule has 1 rings (SSSR count). The fourth-order valence-electron chi connectivity index (χ4n) is 1.06. The van der Waals surface area contributed by atoms with Gasteiger partial charge in [0.15, 0.2) is 0 Å². The van der Waals surface area contributed by atoms with Gasteiger partial charge in [-0.1, -0.05) is 5.92 Å². The van der Waals surface area contributed by atoms with E-state index in [0.717, 1.165) is 0 Å². The highest BCUT2D eigenvalue weighted by molar-refractivity contribution is 5.37. The third kappa shape index (κ3) is 1.65. The SMILES string of the molecule is CC#CC1=CC=CN(C)C1C. The molecule has 0 N–H and O–H groups in total. The average molecular weight is 147 g/mol. The molecule has 0 radical (unpaired) electrons. The molecule has 1 nitrogen and oxygen atoms in total. The van der Waals surface area contributed by atoms with Crippen molar-refractivity contribution in [2.24, 2.45) is 0 Å². The van der Waals surface area contributed by atoms with Gasteiger partial charge in [-0.25, -0.2) is 0 Å². The highest BCUT2D eigenvalue weighted by atomic mass is 15.1. The Balaban J connectivity index is 2.83. The summed E-state index contributed by atoms with van der Waals surface area (Å²) in [7, 11) is 2.06. The van der Waals surface area contributed by atoms with Gasteiger partial charge in [0.05, 0.1) is 6.04 Å². The van der Waals surface area contributed by atoms with Crippen LogP contribution >= 0.6 is 0 Å². The summed E-state index contributed by atoms with van der Waals surface area (Å²) in [6.45, 7) is 4.02. The van der Waals surface area contributed by atoms with Crippen LogP contribution in [0.15, 0.2) is 23.9 Å². The van der Waals surface area contributed by atoms with E-state index in [1.165, 1.54) is 5.57 Å². The van der Waals surface area contributed by atoms with Crippen molar-refractivity contribution in [2.75, 3.05) is 7.05 Å². The second-order valence-corrected chi connectivity index (χ2v) is 2.68. The number of nitrogens with zero attached hydrogens (tertiary/aromatic N) is 1. The minimum atomic E-state index is 0.424. The molecule has 0 saturated carbocycles. The quantitative estimate of drug-likeness (QED) is 0.472. The summed E-state index contributed by atoms with van der Waals surface area (Å²) in [5.74, 6) is 5.99. The van der Waals surface area contributed by atoms with Crippen LogP contribution in [0.3, 0.4) is 0 Å². The van der Waals surface area contributed by atoms with E-state index in [0.29, 0.717) is 6.04 Å². The van der Waals surface area contributed by atoms with E-state index < -0.39 is 0 Å². The van der Waals surface area contributed by atoms with Gasteiger partial charge in [0, 0.05) is 12.6 Å². The molecule has 1 atom stereocenters. The smallest absolute Gasteiger partial charge is 0.0584 e. The Labute approximate surface area is 68.4 Å². The Morgan fingerprint density at radius 2 is 2.27 bits per heavy atom. The normalized spacial score (nSPS) is 22.3. The summed E-state index contributed by atoms with van der Waals surface area (Å²) < 4.78 is 0. The number of hydrogen-bond acceptors (Lipinski definition) is 1. The van der Waals surface area contributed by atoms with Crippen LogP contribution < -0.4 is 0 Å². The van der Waals surface area contributed by atoms with E-state index in [9.17, 15) is 0 Å². The van der Waals surface area contributed by atoms with Crippen LogP contribution in [0.2, 0.25) is 0 Å². The van der Waals surface area contributed by atoms with Crippen LogP contribution in [0.25, 0.3) is 0 Å². The number of hydrogen-bond donors (Lipinski definition) is 0. The number of likely N-dealkylation sites (N-methyl/N-ethyl adjacent to an activating group) is 1. The Morgan fingerprint density at radius 1 is 1.55 bits per heavy atom. The first-order valence-electron chi connectivity index (χ1n) is 3.78. The van der Waals surface area contributed by atoms with Gasteiger partial charge >= 0.3 is 0 Å². The van der Waals surface area contributed by atoms with Crippen LogP contribution in [0.4, 0.5) is 0 Å². The second kappa shape index (κ2) is 3.30. The second-order valence-electron chi connectivity index (χ2n) is 2.68. The fourth-order valence-corrected chi connectivity index (χ4v) is 1.06. The van der Waals surface area contributed by atoms with Gasteiger partial charge in [0.1, 0.15) is 0 Å². The fraction of sp³-hybridized carbons (Fsp3) is 0.400. The lowest BCUT2D eigenvalue weighted by Crippen LogP contribution is -2.27. The minimum absolute atomic E-state index is 0.424. The molecule has 0 aromatic heterocycles. The first-order chi connectivity index (χ1) is 5.25. The van der Waals surface area contributed by atoms with Crippen molar-refractivity contribution in [1.29, 1.82) is 0 Å². The molecule has 58 valence electrons. The summed E-state index contributed by atoms with van der Waals surface area (Å²) in [6, 6.07) is 0.424. The first kappa shape index (κ1) is 7.94. The zero-order chi connectivity index (χ0) is 8.27. The largest absolute Gasteiger partial charge is 0.373 e. The van der Waals surface area contributed by atoms with Crippen LogP contribution in [0.1, 0.15) is 13.8 Å². The van der Waals surface area contributed by atoms with Gasteiger partial charge in [-0.05, 0) is 32.2 Å². The molecule has 0 amide bonds. The standard InChI is InChI=1S/C10H13N/c1-4-6-10-7-5-8-11(3)9(10)2/h5,7-9H,1-3H3. The highest BCUT2D eigenvalue weighted by Crippen LogP contribution is 2.12.